The number of aryl methyl sites for hydroxylation is 2. The number of sulfone groups is 1. The molecule has 0 bridgehead atoms. The lowest BCUT2D eigenvalue weighted by atomic mass is 10.1. The standard InChI is InChI=1S/C13H21N3O2S2/c1-8-6-10(11(12(14)19)9(2)16-8)15-7-13(3,4)20(5,17)18/h6H,7H2,1-5H3,(H2,14,19)(H,15,16). The van der Waals surface area contributed by atoms with Crippen molar-refractivity contribution in [3.63, 3.8) is 0 Å². The number of thiocarbonyl (C=S) groups is 1. The van der Waals surface area contributed by atoms with E-state index in [2.05, 4.69) is 10.3 Å². The number of nitrogens with two attached hydrogens (primary N) is 1. The van der Waals surface area contributed by atoms with Crippen molar-refractivity contribution in [2.24, 2.45) is 5.73 Å². The molecule has 1 aromatic heterocycles. The fourth-order valence-electron chi connectivity index (χ4n) is 1.72. The van der Waals surface area contributed by atoms with Crippen LogP contribution in [-0.4, -0.2) is 35.9 Å². The summed E-state index contributed by atoms with van der Waals surface area (Å²) < 4.78 is 22.6. The molecule has 0 amide bonds. The van der Waals surface area contributed by atoms with Crippen molar-refractivity contribution in [2.45, 2.75) is 32.4 Å². The van der Waals surface area contributed by atoms with Crippen LogP contribution < -0.4 is 11.1 Å². The number of aromatic nitrogens is 1. The van der Waals surface area contributed by atoms with Crippen LogP contribution in [0.15, 0.2) is 6.07 Å². The second kappa shape index (κ2) is 5.65. The molecule has 112 valence electrons. The van der Waals surface area contributed by atoms with Gasteiger partial charge in [0.15, 0.2) is 9.84 Å². The fraction of sp³-hybridized carbons (Fsp3) is 0.538. The molecule has 1 rings (SSSR count). The molecule has 0 unspecified atom stereocenters. The van der Waals surface area contributed by atoms with Crippen molar-refractivity contribution in [1.29, 1.82) is 0 Å². The number of rotatable bonds is 5. The highest BCUT2D eigenvalue weighted by Crippen LogP contribution is 2.22. The van der Waals surface area contributed by atoms with Gasteiger partial charge in [-0.2, -0.15) is 0 Å². The van der Waals surface area contributed by atoms with Crippen LogP contribution in [0.3, 0.4) is 0 Å². The second-order valence-electron chi connectivity index (χ2n) is 5.52. The van der Waals surface area contributed by atoms with Crippen molar-refractivity contribution in [2.75, 3.05) is 18.1 Å². The van der Waals surface area contributed by atoms with E-state index in [9.17, 15) is 8.42 Å². The van der Waals surface area contributed by atoms with Gasteiger partial charge in [-0.15, -0.1) is 0 Å². The summed E-state index contributed by atoms with van der Waals surface area (Å²) in [5.74, 6) is 0. The third-order valence-corrected chi connectivity index (χ3v) is 5.64. The zero-order valence-electron chi connectivity index (χ0n) is 12.4. The minimum absolute atomic E-state index is 0.245. The molecule has 0 saturated carbocycles. The zero-order valence-corrected chi connectivity index (χ0v) is 14.1. The van der Waals surface area contributed by atoms with Crippen molar-refractivity contribution in [1.82, 2.24) is 4.98 Å². The molecule has 1 heterocycles. The lowest BCUT2D eigenvalue weighted by Gasteiger charge is -2.24. The first-order valence-corrected chi connectivity index (χ1v) is 8.47. The van der Waals surface area contributed by atoms with Gasteiger partial charge in [0, 0.05) is 29.9 Å². The molecule has 0 fully saturated rings. The molecular formula is C13H21N3O2S2. The molecule has 5 nitrogen and oxygen atoms in total. The van der Waals surface area contributed by atoms with E-state index >= 15 is 0 Å². The van der Waals surface area contributed by atoms with Crippen molar-refractivity contribution >= 4 is 32.7 Å². The van der Waals surface area contributed by atoms with E-state index in [1.54, 1.807) is 13.8 Å². The van der Waals surface area contributed by atoms with Crippen LogP contribution in [0.5, 0.6) is 0 Å². The summed E-state index contributed by atoms with van der Waals surface area (Å²) in [6, 6.07) is 1.82. The smallest absolute Gasteiger partial charge is 0.154 e. The summed E-state index contributed by atoms with van der Waals surface area (Å²) >= 11 is 5.04. The average molecular weight is 315 g/mol. The largest absolute Gasteiger partial charge is 0.389 e. The van der Waals surface area contributed by atoms with Gasteiger partial charge in [0.1, 0.15) is 4.99 Å². The van der Waals surface area contributed by atoms with Crippen LogP contribution in [0.1, 0.15) is 30.8 Å². The molecule has 0 atom stereocenters. The molecule has 0 radical (unpaired) electrons. The molecule has 3 N–H and O–H groups in total. The number of nitrogens with one attached hydrogen (secondary N) is 1. The van der Waals surface area contributed by atoms with Crippen LogP contribution in [-0.2, 0) is 9.84 Å². The van der Waals surface area contributed by atoms with E-state index in [-0.39, 0.29) is 11.5 Å². The Kier molecular flexibility index (Phi) is 4.76. The molecule has 0 aliphatic rings. The molecule has 7 heteroatoms. The molecule has 0 saturated heterocycles. The first-order valence-electron chi connectivity index (χ1n) is 6.17. The summed E-state index contributed by atoms with van der Waals surface area (Å²) in [7, 11) is -3.17. The Morgan fingerprint density at radius 3 is 2.45 bits per heavy atom. The Labute approximate surface area is 125 Å². The maximum Gasteiger partial charge on any atom is 0.154 e. The molecule has 0 aromatic carbocycles. The van der Waals surface area contributed by atoms with E-state index in [1.807, 2.05) is 19.9 Å². The highest BCUT2D eigenvalue weighted by Gasteiger charge is 2.30. The van der Waals surface area contributed by atoms with E-state index in [0.717, 1.165) is 17.1 Å². The molecular weight excluding hydrogens is 294 g/mol. The normalized spacial score (nSPS) is 12.2. The number of hydrogen-bond donors (Lipinski definition) is 2. The zero-order chi connectivity index (χ0) is 15.7. The molecule has 0 spiro atoms. The number of hydrogen-bond acceptors (Lipinski definition) is 5. The quantitative estimate of drug-likeness (QED) is 0.802. The van der Waals surface area contributed by atoms with Gasteiger partial charge in [-0.25, -0.2) is 8.42 Å². The highest BCUT2D eigenvalue weighted by molar-refractivity contribution is 7.92. The molecule has 0 aliphatic carbocycles. The van der Waals surface area contributed by atoms with Gasteiger partial charge in [-0.3, -0.25) is 4.98 Å². The maximum atomic E-state index is 11.7. The van der Waals surface area contributed by atoms with Gasteiger partial charge in [0.2, 0.25) is 0 Å². The predicted octanol–water partition coefficient (Wildman–Crippen LogP) is 1.57. The van der Waals surface area contributed by atoms with Crippen LogP contribution >= 0.6 is 12.2 Å². The van der Waals surface area contributed by atoms with Gasteiger partial charge in [-0.05, 0) is 33.8 Å². The first kappa shape index (κ1) is 16.8. The summed E-state index contributed by atoms with van der Waals surface area (Å²) in [4.78, 5) is 4.57. The summed E-state index contributed by atoms with van der Waals surface area (Å²) in [5.41, 5.74) is 8.66. The second-order valence-corrected chi connectivity index (χ2v) is 8.61. The predicted molar refractivity (Wildman–Crippen MR) is 87.0 cm³/mol. The number of nitrogens with zero attached hydrogens (tertiary/aromatic N) is 1. The molecule has 1 aromatic rings. The minimum atomic E-state index is -3.17. The van der Waals surface area contributed by atoms with Gasteiger partial charge in [-0.1, -0.05) is 12.2 Å². The van der Waals surface area contributed by atoms with Crippen LogP contribution in [0.4, 0.5) is 5.69 Å². The average Bonchev–Trinajstić information content (AvgIpc) is 2.23. The summed E-state index contributed by atoms with van der Waals surface area (Å²) in [6.07, 6.45) is 1.23. The maximum absolute atomic E-state index is 11.7. The van der Waals surface area contributed by atoms with E-state index < -0.39 is 14.6 Å². The topological polar surface area (TPSA) is 85.1 Å². The Balaban J connectivity index is 3.14. The Bertz CT molecular complexity index is 637. The van der Waals surface area contributed by atoms with Crippen LogP contribution in [0, 0.1) is 13.8 Å². The molecule has 20 heavy (non-hydrogen) atoms. The Morgan fingerprint density at radius 1 is 1.45 bits per heavy atom. The summed E-state index contributed by atoms with van der Waals surface area (Å²) in [5, 5.41) is 3.14. The number of pyridine rings is 1. The third kappa shape index (κ3) is 3.67. The summed E-state index contributed by atoms with van der Waals surface area (Å²) in [6.45, 7) is 7.31. The Hall–Kier alpha value is -1.21. The van der Waals surface area contributed by atoms with Crippen molar-refractivity contribution in [3.8, 4) is 0 Å². The van der Waals surface area contributed by atoms with Crippen molar-refractivity contribution in [3.05, 3.63) is 23.0 Å². The minimum Gasteiger partial charge on any atom is -0.389 e. The monoisotopic (exact) mass is 315 g/mol. The fourth-order valence-corrected chi connectivity index (χ4v) is 2.31. The van der Waals surface area contributed by atoms with Gasteiger partial charge in [0.25, 0.3) is 0 Å². The van der Waals surface area contributed by atoms with Crippen LogP contribution in [0.25, 0.3) is 0 Å². The van der Waals surface area contributed by atoms with E-state index in [1.165, 1.54) is 6.26 Å². The van der Waals surface area contributed by atoms with Gasteiger partial charge in [0.05, 0.1) is 10.3 Å². The van der Waals surface area contributed by atoms with Gasteiger partial charge < -0.3 is 11.1 Å². The lowest BCUT2D eigenvalue weighted by molar-refractivity contribution is 0.560. The highest BCUT2D eigenvalue weighted by atomic mass is 32.2. The van der Waals surface area contributed by atoms with E-state index in [0.29, 0.717) is 5.56 Å². The van der Waals surface area contributed by atoms with Crippen molar-refractivity contribution < 1.29 is 8.42 Å². The SMILES string of the molecule is Cc1cc(NCC(C)(C)S(C)(=O)=O)c(C(N)=S)c(C)n1. The Morgan fingerprint density at radius 2 is 2.00 bits per heavy atom. The molecule has 0 aliphatic heterocycles. The lowest BCUT2D eigenvalue weighted by Crippen LogP contribution is -2.38. The van der Waals surface area contributed by atoms with Crippen LogP contribution in [0.2, 0.25) is 0 Å². The first-order chi connectivity index (χ1) is 8.95. The third-order valence-electron chi connectivity index (χ3n) is 3.28. The van der Waals surface area contributed by atoms with Gasteiger partial charge >= 0.3 is 0 Å². The number of anilines is 1. The van der Waals surface area contributed by atoms with E-state index in [4.69, 9.17) is 18.0 Å².